The van der Waals surface area contributed by atoms with Crippen LogP contribution in [0.3, 0.4) is 0 Å². The van der Waals surface area contributed by atoms with Gasteiger partial charge in [0, 0.05) is 19.3 Å². The highest BCUT2D eigenvalue weighted by Gasteiger charge is 2.19. The van der Waals surface area contributed by atoms with Crippen LogP contribution in [-0.2, 0) is 28.6 Å². The minimum atomic E-state index is -0.783. The van der Waals surface area contributed by atoms with Gasteiger partial charge in [-0.25, -0.2) is 0 Å². The van der Waals surface area contributed by atoms with E-state index in [1.54, 1.807) is 0 Å². The van der Waals surface area contributed by atoms with Crippen molar-refractivity contribution in [1.82, 2.24) is 0 Å². The second kappa shape index (κ2) is 66.9. The molecular weight excluding hydrogens is 961 g/mol. The molecule has 1 atom stereocenters. The van der Waals surface area contributed by atoms with Crippen LogP contribution in [0.1, 0.15) is 374 Å². The molecule has 0 saturated heterocycles. The number of allylic oxidation sites excluding steroid dienone is 8. The lowest BCUT2D eigenvalue weighted by molar-refractivity contribution is -0.167. The Kier molecular flexibility index (Phi) is 64.6. The summed E-state index contributed by atoms with van der Waals surface area (Å²) in [5.74, 6) is -0.878. The third-order valence-corrected chi connectivity index (χ3v) is 15.5. The van der Waals surface area contributed by atoms with E-state index in [0.717, 1.165) is 89.9 Å². The van der Waals surface area contributed by atoms with E-state index >= 15 is 0 Å². The maximum absolute atomic E-state index is 12.9. The molecule has 0 aliphatic rings. The first kappa shape index (κ1) is 75.4. The minimum Gasteiger partial charge on any atom is -0.462 e. The zero-order valence-corrected chi connectivity index (χ0v) is 52.5. The fourth-order valence-electron chi connectivity index (χ4n) is 10.3. The normalized spacial score (nSPS) is 12.3. The molecule has 456 valence electrons. The van der Waals surface area contributed by atoms with Crippen LogP contribution in [0, 0.1) is 0 Å². The van der Waals surface area contributed by atoms with Crippen molar-refractivity contribution in [3.05, 3.63) is 48.6 Å². The Bertz CT molecular complexity index is 1350. The average Bonchev–Trinajstić information content (AvgIpc) is 3.44. The molecular formula is C72H132O6. The van der Waals surface area contributed by atoms with Crippen LogP contribution in [-0.4, -0.2) is 37.2 Å². The molecule has 6 heteroatoms. The number of esters is 3. The fraction of sp³-hybridized carbons (Fsp3) is 0.847. The topological polar surface area (TPSA) is 78.9 Å². The predicted octanol–water partition coefficient (Wildman–Crippen LogP) is 23.7. The molecule has 1 unspecified atom stereocenters. The van der Waals surface area contributed by atoms with E-state index in [4.69, 9.17) is 14.2 Å². The molecule has 0 rings (SSSR count). The molecule has 0 bridgehead atoms. The molecule has 0 radical (unpaired) electrons. The summed E-state index contributed by atoms with van der Waals surface area (Å²) in [6, 6.07) is 0. The van der Waals surface area contributed by atoms with E-state index in [9.17, 15) is 14.4 Å². The molecule has 0 amide bonds. The highest BCUT2D eigenvalue weighted by atomic mass is 16.6. The fourth-order valence-corrected chi connectivity index (χ4v) is 10.3. The molecule has 6 nitrogen and oxygen atoms in total. The predicted molar refractivity (Wildman–Crippen MR) is 339 cm³/mol. The van der Waals surface area contributed by atoms with Crippen molar-refractivity contribution < 1.29 is 28.6 Å². The average molecular weight is 1090 g/mol. The van der Waals surface area contributed by atoms with Crippen molar-refractivity contribution in [3.8, 4) is 0 Å². The molecule has 0 aliphatic heterocycles. The van der Waals surface area contributed by atoms with Crippen LogP contribution in [0.15, 0.2) is 48.6 Å². The quantitative estimate of drug-likeness (QED) is 0.0261. The molecule has 0 heterocycles. The first-order chi connectivity index (χ1) is 38.5. The largest absolute Gasteiger partial charge is 0.462 e. The van der Waals surface area contributed by atoms with Crippen molar-refractivity contribution in [3.63, 3.8) is 0 Å². The Hall–Kier alpha value is -2.63. The molecule has 0 aromatic carbocycles. The Labute approximate surface area is 486 Å². The Morgan fingerprint density at radius 1 is 0.256 bits per heavy atom. The summed E-state index contributed by atoms with van der Waals surface area (Å²) < 4.78 is 16.9. The zero-order valence-electron chi connectivity index (χ0n) is 52.5. The summed E-state index contributed by atoms with van der Waals surface area (Å²) in [5.41, 5.74) is 0. The molecule has 0 N–H and O–H groups in total. The summed E-state index contributed by atoms with van der Waals surface area (Å²) in [6.45, 7) is 6.65. The molecule has 0 spiro atoms. The molecule has 0 aromatic heterocycles. The van der Waals surface area contributed by atoms with Gasteiger partial charge >= 0.3 is 17.9 Å². The zero-order chi connectivity index (χ0) is 56.4. The molecule has 0 saturated carbocycles. The smallest absolute Gasteiger partial charge is 0.306 e. The standard InChI is InChI=1S/C72H132O6/c1-4-7-10-13-16-19-22-25-28-30-31-32-33-34-35-36-37-38-39-40-41-42-45-47-50-53-56-59-62-65-71(74)77-68-69(67-76-70(73)64-61-58-55-52-49-46-43-27-24-21-18-15-12-9-6-3)78-72(75)66-63-60-57-54-51-48-44-29-26-23-20-17-14-11-8-5-2/h20,23,27,29-31,43-44,69H,4-19,21-22,24-26,28,32-42,45-68H2,1-3H3/b23-20-,31-30-,43-27-,44-29-. The number of carbonyl (C=O) groups is 3. The van der Waals surface area contributed by atoms with Gasteiger partial charge in [0.1, 0.15) is 13.2 Å². The first-order valence-electron chi connectivity index (χ1n) is 34.6. The van der Waals surface area contributed by atoms with Gasteiger partial charge in [0.2, 0.25) is 0 Å². The van der Waals surface area contributed by atoms with Gasteiger partial charge in [-0.3, -0.25) is 14.4 Å². The first-order valence-corrected chi connectivity index (χ1v) is 34.6. The van der Waals surface area contributed by atoms with Gasteiger partial charge in [0.15, 0.2) is 6.10 Å². The number of rotatable bonds is 64. The minimum absolute atomic E-state index is 0.0781. The van der Waals surface area contributed by atoms with E-state index < -0.39 is 6.10 Å². The van der Waals surface area contributed by atoms with Crippen molar-refractivity contribution in [2.24, 2.45) is 0 Å². The SMILES string of the molecule is CCCCCC/C=C\C/C=C\CCCCCCCC(=O)OC(COC(=O)CCCCCCC/C=C\CCCCCCCC)COC(=O)CCCCCCCCCCCCCCCCCCC/C=C\CCCCCCCCCC. The van der Waals surface area contributed by atoms with E-state index in [1.807, 2.05) is 0 Å². The van der Waals surface area contributed by atoms with Crippen LogP contribution in [0.2, 0.25) is 0 Å². The maximum Gasteiger partial charge on any atom is 0.306 e. The summed E-state index contributed by atoms with van der Waals surface area (Å²) in [6.07, 6.45) is 84.3. The van der Waals surface area contributed by atoms with Gasteiger partial charge in [0.25, 0.3) is 0 Å². The van der Waals surface area contributed by atoms with Crippen LogP contribution in [0.25, 0.3) is 0 Å². The van der Waals surface area contributed by atoms with Crippen molar-refractivity contribution in [2.75, 3.05) is 13.2 Å². The van der Waals surface area contributed by atoms with Gasteiger partial charge in [-0.05, 0) is 103 Å². The highest BCUT2D eigenvalue weighted by molar-refractivity contribution is 5.71. The summed E-state index contributed by atoms with van der Waals surface area (Å²) in [5, 5.41) is 0. The van der Waals surface area contributed by atoms with Gasteiger partial charge in [-0.2, -0.15) is 0 Å². The Morgan fingerprint density at radius 2 is 0.462 bits per heavy atom. The lowest BCUT2D eigenvalue weighted by atomic mass is 10.0. The molecule has 78 heavy (non-hydrogen) atoms. The van der Waals surface area contributed by atoms with E-state index in [2.05, 4.69) is 69.4 Å². The number of unbranched alkanes of at least 4 members (excludes halogenated alkanes) is 45. The van der Waals surface area contributed by atoms with Gasteiger partial charge in [0.05, 0.1) is 0 Å². The number of hydrogen-bond donors (Lipinski definition) is 0. The van der Waals surface area contributed by atoms with Crippen molar-refractivity contribution in [2.45, 2.75) is 380 Å². The third kappa shape index (κ3) is 64.2. The van der Waals surface area contributed by atoms with Crippen LogP contribution in [0.4, 0.5) is 0 Å². The maximum atomic E-state index is 12.9. The Balaban J connectivity index is 4.21. The second-order valence-corrected chi connectivity index (χ2v) is 23.4. The van der Waals surface area contributed by atoms with Crippen molar-refractivity contribution >= 4 is 17.9 Å². The van der Waals surface area contributed by atoms with E-state index in [1.165, 1.54) is 244 Å². The summed E-state index contributed by atoms with van der Waals surface area (Å²) in [7, 11) is 0. The number of carbonyl (C=O) groups excluding carboxylic acids is 3. The monoisotopic (exact) mass is 1090 g/mol. The lowest BCUT2D eigenvalue weighted by Crippen LogP contribution is -2.30. The molecule has 0 aliphatic carbocycles. The summed E-state index contributed by atoms with van der Waals surface area (Å²) in [4.78, 5) is 38.4. The summed E-state index contributed by atoms with van der Waals surface area (Å²) >= 11 is 0. The van der Waals surface area contributed by atoms with Gasteiger partial charge in [-0.1, -0.05) is 301 Å². The van der Waals surface area contributed by atoms with Gasteiger partial charge < -0.3 is 14.2 Å². The van der Waals surface area contributed by atoms with E-state index in [-0.39, 0.29) is 31.1 Å². The second-order valence-electron chi connectivity index (χ2n) is 23.4. The molecule has 0 aromatic rings. The van der Waals surface area contributed by atoms with Crippen LogP contribution in [0.5, 0.6) is 0 Å². The number of ether oxygens (including phenoxy) is 3. The van der Waals surface area contributed by atoms with Gasteiger partial charge in [-0.15, -0.1) is 0 Å². The Morgan fingerprint density at radius 3 is 0.731 bits per heavy atom. The van der Waals surface area contributed by atoms with Crippen LogP contribution >= 0.6 is 0 Å². The van der Waals surface area contributed by atoms with Crippen LogP contribution < -0.4 is 0 Å². The highest BCUT2D eigenvalue weighted by Crippen LogP contribution is 2.17. The third-order valence-electron chi connectivity index (χ3n) is 15.5. The number of hydrogen-bond acceptors (Lipinski definition) is 6. The molecule has 0 fully saturated rings. The lowest BCUT2D eigenvalue weighted by Gasteiger charge is -2.18. The van der Waals surface area contributed by atoms with E-state index in [0.29, 0.717) is 19.3 Å². The van der Waals surface area contributed by atoms with Crippen molar-refractivity contribution in [1.29, 1.82) is 0 Å².